The number of pyridine rings is 1. The molecule has 158 valence electrons. The van der Waals surface area contributed by atoms with Crippen LogP contribution in [0.2, 0.25) is 0 Å². The lowest BCUT2D eigenvalue weighted by Crippen LogP contribution is -2.16. The molecule has 0 unspecified atom stereocenters. The Balaban J connectivity index is 2.03. The number of ether oxygens (including phenoxy) is 1. The van der Waals surface area contributed by atoms with Crippen LogP contribution in [0.4, 0.5) is 4.79 Å². The second kappa shape index (κ2) is 9.80. The maximum Gasteiger partial charge on any atom is 0.404 e. The quantitative estimate of drug-likeness (QED) is 0.558. The minimum atomic E-state index is -0.767. The van der Waals surface area contributed by atoms with Gasteiger partial charge in [-0.3, -0.25) is 4.98 Å². The van der Waals surface area contributed by atoms with Gasteiger partial charge in [-0.15, -0.1) is 0 Å². The molecule has 0 aliphatic heterocycles. The molecule has 2 aromatic heterocycles. The zero-order valence-electron chi connectivity index (χ0n) is 17.9. The molecule has 7 heteroatoms. The summed E-state index contributed by atoms with van der Waals surface area (Å²) >= 11 is 1.73. The fourth-order valence-electron chi connectivity index (χ4n) is 3.36. The van der Waals surface area contributed by atoms with Crippen LogP contribution < -0.4 is 5.73 Å². The highest BCUT2D eigenvalue weighted by molar-refractivity contribution is 7.99. The van der Waals surface area contributed by atoms with E-state index in [0.29, 0.717) is 13.0 Å². The van der Waals surface area contributed by atoms with Gasteiger partial charge >= 0.3 is 6.09 Å². The minimum Gasteiger partial charge on any atom is -0.449 e. The van der Waals surface area contributed by atoms with Gasteiger partial charge in [0, 0.05) is 30.3 Å². The topological polar surface area (TPSA) is 83.0 Å². The first-order valence-electron chi connectivity index (χ1n) is 10.00. The molecule has 0 aliphatic carbocycles. The molecule has 0 radical (unpaired) electrons. The van der Waals surface area contributed by atoms with Crippen molar-refractivity contribution in [1.29, 1.82) is 0 Å². The largest absolute Gasteiger partial charge is 0.449 e. The molecule has 0 bridgehead atoms. The molecule has 0 fully saturated rings. The smallest absolute Gasteiger partial charge is 0.404 e. The summed E-state index contributed by atoms with van der Waals surface area (Å²) in [6, 6.07) is 10.6. The molecule has 3 aromatic rings. The van der Waals surface area contributed by atoms with E-state index in [4.69, 9.17) is 15.5 Å². The highest BCUT2D eigenvalue weighted by Crippen LogP contribution is 2.36. The predicted octanol–water partition coefficient (Wildman–Crippen LogP) is 4.86. The number of hydrogen-bond acceptors (Lipinski definition) is 5. The fourth-order valence-corrected chi connectivity index (χ4v) is 4.74. The summed E-state index contributed by atoms with van der Waals surface area (Å²) in [5.74, 6) is 1.14. The molecule has 30 heavy (non-hydrogen) atoms. The Hall–Kier alpha value is -2.80. The molecule has 2 heterocycles. The van der Waals surface area contributed by atoms with Crippen LogP contribution >= 0.6 is 11.8 Å². The standard InChI is InChI=1S/C23H28N4O2S/c1-15(2)21-22(30-19-12-16(3)11-17(4)13-19)27(14-18-5-8-25-9-6-18)20(26-21)7-10-29-23(24)28/h5-6,8-9,11-13,15H,7,10,14H2,1-4H3,(H2,24,28). The van der Waals surface area contributed by atoms with Crippen molar-refractivity contribution in [3.05, 3.63) is 70.9 Å². The molecule has 1 amide bonds. The van der Waals surface area contributed by atoms with Crippen molar-refractivity contribution in [2.24, 2.45) is 5.73 Å². The van der Waals surface area contributed by atoms with Gasteiger partial charge in [-0.2, -0.15) is 0 Å². The van der Waals surface area contributed by atoms with Crippen molar-refractivity contribution in [2.45, 2.75) is 56.5 Å². The summed E-state index contributed by atoms with van der Waals surface area (Å²) in [5, 5.41) is 1.11. The highest BCUT2D eigenvalue weighted by Gasteiger charge is 2.21. The third-order valence-electron chi connectivity index (χ3n) is 4.64. The van der Waals surface area contributed by atoms with E-state index < -0.39 is 6.09 Å². The van der Waals surface area contributed by atoms with E-state index in [1.807, 2.05) is 12.1 Å². The number of aromatic nitrogens is 3. The van der Waals surface area contributed by atoms with Crippen molar-refractivity contribution < 1.29 is 9.53 Å². The van der Waals surface area contributed by atoms with E-state index >= 15 is 0 Å². The van der Waals surface area contributed by atoms with E-state index in [9.17, 15) is 4.79 Å². The Kier molecular flexibility index (Phi) is 7.15. The van der Waals surface area contributed by atoms with Crippen LogP contribution in [-0.2, 0) is 17.7 Å². The van der Waals surface area contributed by atoms with E-state index in [2.05, 4.69) is 55.4 Å². The zero-order chi connectivity index (χ0) is 21.7. The van der Waals surface area contributed by atoms with Crippen LogP contribution in [0.15, 0.2) is 52.6 Å². The summed E-state index contributed by atoms with van der Waals surface area (Å²) in [7, 11) is 0. The third-order valence-corrected chi connectivity index (χ3v) is 5.74. The molecule has 0 aliphatic rings. The Labute approximate surface area is 181 Å². The first kappa shape index (κ1) is 21.9. The zero-order valence-corrected chi connectivity index (χ0v) is 18.7. The first-order chi connectivity index (χ1) is 14.3. The molecule has 0 saturated heterocycles. The summed E-state index contributed by atoms with van der Waals surface area (Å²) < 4.78 is 7.20. The average molecular weight is 425 g/mol. The monoisotopic (exact) mass is 424 g/mol. The van der Waals surface area contributed by atoms with Gasteiger partial charge in [0.15, 0.2) is 0 Å². The summed E-state index contributed by atoms with van der Waals surface area (Å²) in [6.07, 6.45) is 3.32. The van der Waals surface area contributed by atoms with Crippen molar-refractivity contribution in [3.63, 3.8) is 0 Å². The fraction of sp³-hybridized carbons (Fsp3) is 0.348. The average Bonchev–Trinajstić information content (AvgIpc) is 2.99. The number of aryl methyl sites for hydroxylation is 2. The first-order valence-corrected chi connectivity index (χ1v) is 10.8. The third kappa shape index (κ3) is 5.63. The molecule has 6 nitrogen and oxygen atoms in total. The Morgan fingerprint density at radius 2 is 1.83 bits per heavy atom. The van der Waals surface area contributed by atoms with Crippen molar-refractivity contribution in [2.75, 3.05) is 6.61 Å². The van der Waals surface area contributed by atoms with Gasteiger partial charge in [0.2, 0.25) is 0 Å². The molecule has 0 spiro atoms. The molecule has 1 aromatic carbocycles. The molecule has 0 saturated carbocycles. The SMILES string of the molecule is Cc1cc(C)cc(Sc2c(C(C)C)nc(CCOC(N)=O)n2Cc2ccncc2)c1. The summed E-state index contributed by atoms with van der Waals surface area (Å²) in [4.78, 5) is 21.3. The highest BCUT2D eigenvalue weighted by atomic mass is 32.2. The number of hydrogen-bond donors (Lipinski definition) is 1. The minimum absolute atomic E-state index is 0.202. The van der Waals surface area contributed by atoms with E-state index in [-0.39, 0.29) is 12.5 Å². The van der Waals surface area contributed by atoms with Gasteiger partial charge in [0.25, 0.3) is 0 Å². The van der Waals surface area contributed by atoms with Gasteiger partial charge < -0.3 is 15.0 Å². The lowest BCUT2D eigenvalue weighted by atomic mass is 10.1. The molecule has 2 N–H and O–H groups in total. The number of nitrogens with zero attached hydrogens (tertiary/aromatic N) is 3. The molecular formula is C23H28N4O2S. The number of primary amides is 1. The lowest BCUT2D eigenvalue weighted by Gasteiger charge is -2.14. The number of amides is 1. The number of rotatable bonds is 8. The van der Waals surface area contributed by atoms with Crippen LogP contribution in [-0.4, -0.2) is 27.2 Å². The molecule has 0 atom stereocenters. The van der Waals surface area contributed by atoms with Crippen LogP contribution in [0, 0.1) is 13.8 Å². The van der Waals surface area contributed by atoms with Gasteiger partial charge in [-0.25, -0.2) is 9.78 Å². The van der Waals surface area contributed by atoms with Crippen molar-refractivity contribution in [1.82, 2.24) is 14.5 Å². The van der Waals surface area contributed by atoms with Crippen molar-refractivity contribution in [3.8, 4) is 0 Å². The molecule has 3 rings (SSSR count). The number of benzene rings is 1. The predicted molar refractivity (Wildman–Crippen MR) is 119 cm³/mol. The summed E-state index contributed by atoms with van der Waals surface area (Å²) in [5.41, 5.74) is 9.78. The van der Waals surface area contributed by atoms with Gasteiger partial charge in [0.05, 0.1) is 5.69 Å². The number of carbonyl (C=O) groups is 1. The lowest BCUT2D eigenvalue weighted by molar-refractivity contribution is 0.157. The second-order valence-electron chi connectivity index (χ2n) is 7.66. The Bertz CT molecular complexity index is 995. The van der Waals surface area contributed by atoms with E-state index in [0.717, 1.165) is 22.1 Å². The summed E-state index contributed by atoms with van der Waals surface area (Å²) in [6.45, 7) is 9.39. The second-order valence-corrected chi connectivity index (χ2v) is 8.72. The van der Waals surface area contributed by atoms with Crippen molar-refractivity contribution >= 4 is 17.9 Å². The van der Waals surface area contributed by atoms with E-state index in [1.54, 1.807) is 24.2 Å². The van der Waals surface area contributed by atoms with Gasteiger partial charge in [0.1, 0.15) is 17.5 Å². The number of imidazole rings is 1. The number of carbonyl (C=O) groups excluding carboxylic acids is 1. The van der Waals surface area contributed by atoms with Crippen LogP contribution in [0.25, 0.3) is 0 Å². The maximum absolute atomic E-state index is 11.0. The maximum atomic E-state index is 11.0. The Morgan fingerprint density at radius 3 is 2.43 bits per heavy atom. The van der Waals surface area contributed by atoms with Gasteiger partial charge in [-0.1, -0.05) is 31.7 Å². The molecular weight excluding hydrogens is 396 g/mol. The number of nitrogens with two attached hydrogens (primary N) is 1. The van der Waals surface area contributed by atoms with Crippen LogP contribution in [0.3, 0.4) is 0 Å². The van der Waals surface area contributed by atoms with E-state index in [1.165, 1.54) is 16.0 Å². The van der Waals surface area contributed by atoms with Crippen LogP contribution in [0.5, 0.6) is 0 Å². The van der Waals surface area contributed by atoms with Gasteiger partial charge in [-0.05, 0) is 60.7 Å². The van der Waals surface area contributed by atoms with Crippen LogP contribution in [0.1, 0.15) is 48.0 Å². The normalized spacial score (nSPS) is 11.1. The Morgan fingerprint density at radius 1 is 1.17 bits per heavy atom.